The SMILES string of the molecule is Cc1ccccc1C1NC(C)C(=O)N1CCOCC(C)C. The molecule has 0 aromatic heterocycles. The van der Waals surface area contributed by atoms with E-state index in [9.17, 15) is 4.79 Å². The summed E-state index contributed by atoms with van der Waals surface area (Å²) >= 11 is 0. The van der Waals surface area contributed by atoms with E-state index in [1.54, 1.807) is 0 Å². The van der Waals surface area contributed by atoms with Crippen LogP contribution in [-0.2, 0) is 9.53 Å². The zero-order valence-electron chi connectivity index (χ0n) is 13.4. The van der Waals surface area contributed by atoms with Gasteiger partial charge in [-0.05, 0) is 30.9 Å². The van der Waals surface area contributed by atoms with Crippen molar-refractivity contribution in [3.63, 3.8) is 0 Å². The zero-order chi connectivity index (χ0) is 15.4. The van der Waals surface area contributed by atoms with Crippen LogP contribution in [0.1, 0.15) is 38.1 Å². The van der Waals surface area contributed by atoms with Crippen molar-refractivity contribution in [1.82, 2.24) is 10.2 Å². The quantitative estimate of drug-likeness (QED) is 0.818. The molecule has 116 valence electrons. The second-order valence-electron chi connectivity index (χ2n) is 6.15. The normalized spacial score (nSPS) is 22.3. The van der Waals surface area contributed by atoms with Gasteiger partial charge in [0.05, 0.1) is 12.6 Å². The van der Waals surface area contributed by atoms with Crippen molar-refractivity contribution in [2.45, 2.75) is 39.9 Å². The fourth-order valence-corrected chi connectivity index (χ4v) is 2.65. The summed E-state index contributed by atoms with van der Waals surface area (Å²) in [6.45, 7) is 10.2. The first-order chi connectivity index (χ1) is 10.0. The van der Waals surface area contributed by atoms with Crippen LogP contribution in [0.3, 0.4) is 0 Å². The molecule has 1 aliphatic heterocycles. The fourth-order valence-electron chi connectivity index (χ4n) is 2.65. The van der Waals surface area contributed by atoms with Gasteiger partial charge >= 0.3 is 0 Å². The Balaban J connectivity index is 2.05. The number of hydrogen-bond acceptors (Lipinski definition) is 3. The van der Waals surface area contributed by atoms with Crippen molar-refractivity contribution >= 4 is 5.91 Å². The van der Waals surface area contributed by atoms with Gasteiger partial charge in [0.25, 0.3) is 0 Å². The van der Waals surface area contributed by atoms with Crippen LogP contribution in [-0.4, -0.2) is 36.6 Å². The number of hydrogen-bond donors (Lipinski definition) is 1. The Morgan fingerprint density at radius 1 is 1.33 bits per heavy atom. The summed E-state index contributed by atoms with van der Waals surface area (Å²) in [6, 6.07) is 8.07. The minimum absolute atomic E-state index is 0.0450. The Morgan fingerprint density at radius 3 is 2.71 bits per heavy atom. The summed E-state index contributed by atoms with van der Waals surface area (Å²) in [7, 11) is 0. The highest BCUT2D eigenvalue weighted by Crippen LogP contribution is 2.27. The Labute approximate surface area is 127 Å². The lowest BCUT2D eigenvalue weighted by Gasteiger charge is -2.26. The Hall–Kier alpha value is -1.39. The lowest BCUT2D eigenvalue weighted by molar-refractivity contribution is -0.130. The molecule has 1 aromatic rings. The predicted molar refractivity (Wildman–Crippen MR) is 83.9 cm³/mol. The van der Waals surface area contributed by atoms with E-state index >= 15 is 0 Å². The molecule has 1 aliphatic rings. The lowest BCUT2D eigenvalue weighted by atomic mass is 10.1. The molecule has 0 aliphatic carbocycles. The molecule has 0 radical (unpaired) electrons. The van der Waals surface area contributed by atoms with Crippen LogP contribution in [0.25, 0.3) is 0 Å². The van der Waals surface area contributed by atoms with Crippen molar-refractivity contribution in [2.24, 2.45) is 5.92 Å². The lowest BCUT2D eigenvalue weighted by Crippen LogP contribution is -2.34. The third kappa shape index (κ3) is 3.83. The number of nitrogens with zero attached hydrogens (tertiary/aromatic N) is 1. The van der Waals surface area contributed by atoms with Crippen molar-refractivity contribution < 1.29 is 9.53 Å². The molecule has 2 atom stereocenters. The van der Waals surface area contributed by atoms with Crippen LogP contribution < -0.4 is 5.32 Å². The van der Waals surface area contributed by atoms with Gasteiger partial charge in [-0.15, -0.1) is 0 Å². The van der Waals surface area contributed by atoms with Gasteiger partial charge in [0.15, 0.2) is 0 Å². The number of benzene rings is 1. The summed E-state index contributed by atoms with van der Waals surface area (Å²) in [5.74, 6) is 0.667. The van der Waals surface area contributed by atoms with Gasteiger partial charge in [0, 0.05) is 13.2 Å². The van der Waals surface area contributed by atoms with Gasteiger partial charge in [-0.3, -0.25) is 10.1 Å². The monoisotopic (exact) mass is 290 g/mol. The molecule has 1 N–H and O–H groups in total. The van der Waals surface area contributed by atoms with Crippen molar-refractivity contribution in [3.05, 3.63) is 35.4 Å². The number of nitrogens with one attached hydrogen (secondary N) is 1. The minimum atomic E-state index is -0.139. The van der Waals surface area contributed by atoms with E-state index in [1.165, 1.54) is 11.1 Å². The third-order valence-electron chi connectivity index (χ3n) is 3.78. The van der Waals surface area contributed by atoms with Crippen molar-refractivity contribution in [2.75, 3.05) is 19.8 Å². The Kier molecular flexibility index (Phi) is 5.37. The number of amides is 1. The van der Waals surface area contributed by atoms with E-state index in [1.807, 2.05) is 24.0 Å². The van der Waals surface area contributed by atoms with Gasteiger partial charge in [-0.1, -0.05) is 38.1 Å². The second-order valence-corrected chi connectivity index (χ2v) is 6.15. The first kappa shape index (κ1) is 16.0. The van der Waals surface area contributed by atoms with Gasteiger partial charge in [0.2, 0.25) is 5.91 Å². The molecule has 1 saturated heterocycles. The summed E-state index contributed by atoms with van der Waals surface area (Å²) < 4.78 is 5.63. The van der Waals surface area contributed by atoms with E-state index in [0.717, 1.165) is 6.61 Å². The van der Waals surface area contributed by atoms with Gasteiger partial charge < -0.3 is 9.64 Å². The first-order valence-electron chi connectivity index (χ1n) is 7.70. The summed E-state index contributed by atoms with van der Waals surface area (Å²) in [5.41, 5.74) is 2.36. The van der Waals surface area contributed by atoms with Crippen LogP contribution in [0.4, 0.5) is 0 Å². The van der Waals surface area contributed by atoms with Crippen molar-refractivity contribution in [1.29, 1.82) is 0 Å². The fraction of sp³-hybridized carbons (Fsp3) is 0.588. The summed E-state index contributed by atoms with van der Waals surface area (Å²) in [4.78, 5) is 14.2. The molecule has 1 aromatic carbocycles. The molecule has 4 nitrogen and oxygen atoms in total. The molecule has 0 spiro atoms. The average Bonchev–Trinajstić information content (AvgIpc) is 2.71. The highest BCUT2D eigenvalue weighted by molar-refractivity contribution is 5.84. The standard InChI is InChI=1S/C17H26N2O2/c1-12(2)11-21-10-9-19-16(18-14(4)17(19)20)15-8-6-5-7-13(15)3/h5-8,12,14,16,18H,9-11H2,1-4H3. The van der Waals surface area contributed by atoms with E-state index < -0.39 is 0 Å². The molecule has 1 heterocycles. The molecular weight excluding hydrogens is 264 g/mol. The van der Waals surface area contributed by atoms with E-state index in [2.05, 4.69) is 38.2 Å². The molecule has 4 heteroatoms. The third-order valence-corrected chi connectivity index (χ3v) is 3.78. The van der Waals surface area contributed by atoms with Crippen molar-refractivity contribution in [3.8, 4) is 0 Å². The number of carbonyl (C=O) groups excluding carboxylic acids is 1. The van der Waals surface area contributed by atoms with Crippen LogP contribution >= 0.6 is 0 Å². The topological polar surface area (TPSA) is 41.6 Å². The summed E-state index contributed by atoms with van der Waals surface area (Å²) in [5, 5.41) is 3.38. The van der Waals surface area contributed by atoms with Gasteiger partial charge in [0.1, 0.15) is 6.17 Å². The van der Waals surface area contributed by atoms with Crippen LogP contribution in [0.15, 0.2) is 24.3 Å². The van der Waals surface area contributed by atoms with E-state index in [4.69, 9.17) is 4.74 Å². The largest absolute Gasteiger partial charge is 0.379 e. The highest BCUT2D eigenvalue weighted by Gasteiger charge is 2.37. The smallest absolute Gasteiger partial charge is 0.241 e. The molecule has 2 rings (SSSR count). The average molecular weight is 290 g/mol. The van der Waals surface area contributed by atoms with Crippen LogP contribution in [0.2, 0.25) is 0 Å². The van der Waals surface area contributed by atoms with Crippen LogP contribution in [0, 0.1) is 12.8 Å². The molecule has 0 bridgehead atoms. The Morgan fingerprint density at radius 2 is 2.05 bits per heavy atom. The maximum atomic E-state index is 12.3. The second kappa shape index (κ2) is 7.05. The Bertz CT molecular complexity index is 487. The number of carbonyl (C=O) groups is 1. The van der Waals surface area contributed by atoms with Crippen LogP contribution in [0.5, 0.6) is 0 Å². The van der Waals surface area contributed by atoms with E-state index in [-0.39, 0.29) is 18.1 Å². The molecule has 21 heavy (non-hydrogen) atoms. The maximum Gasteiger partial charge on any atom is 0.241 e. The molecule has 1 amide bonds. The minimum Gasteiger partial charge on any atom is -0.379 e. The first-order valence-corrected chi connectivity index (χ1v) is 7.70. The van der Waals surface area contributed by atoms with Gasteiger partial charge in [-0.25, -0.2) is 0 Å². The molecule has 1 fully saturated rings. The number of rotatable bonds is 6. The predicted octanol–water partition coefficient (Wildman–Crippen LogP) is 2.49. The zero-order valence-corrected chi connectivity index (χ0v) is 13.4. The molecule has 2 unspecified atom stereocenters. The molecule has 0 saturated carbocycles. The summed E-state index contributed by atoms with van der Waals surface area (Å²) in [6.07, 6.45) is -0.0450. The molecular formula is C17H26N2O2. The maximum absolute atomic E-state index is 12.3. The number of aryl methyl sites for hydroxylation is 1. The number of ether oxygens (including phenoxy) is 1. The van der Waals surface area contributed by atoms with Gasteiger partial charge in [-0.2, -0.15) is 0 Å². The highest BCUT2D eigenvalue weighted by atomic mass is 16.5. The van der Waals surface area contributed by atoms with E-state index in [0.29, 0.717) is 19.1 Å².